The molecule has 2 nitrogen and oxygen atoms in total. The maximum atomic E-state index is 11.6. The smallest absolute Gasteiger partial charge is 0.132 e. The van der Waals surface area contributed by atoms with E-state index in [1.807, 2.05) is 24.3 Å². The lowest BCUT2D eigenvalue weighted by atomic mass is 10.0. The third kappa shape index (κ3) is 5.90. The summed E-state index contributed by atoms with van der Waals surface area (Å²) in [5.74, 6) is 1.28. The van der Waals surface area contributed by atoms with Gasteiger partial charge in [0.15, 0.2) is 0 Å². The van der Waals surface area contributed by atoms with Gasteiger partial charge in [-0.1, -0.05) is 43.3 Å². The van der Waals surface area contributed by atoms with Crippen molar-refractivity contribution in [2.75, 3.05) is 0 Å². The van der Waals surface area contributed by atoms with Gasteiger partial charge < -0.3 is 4.74 Å². The summed E-state index contributed by atoms with van der Waals surface area (Å²) in [5.41, 5.74) is 3.71. The molecule has 0 aromatic heterocycles. The molecule has 0 radical (unpaired) electrons. The lowest BCUT2D eigenvalue weighted by Gasteiger charge is -2.10. The molecule has 0 aliphatic carbocycles. The van der Waals surface area contributed by atoms with Gasteiger partial charge in [-0.05, 0) is 55.0 Å². The molecule has 2 rings (SSSR count). The summed E-state index contributed by atoms with van der Waals surface area (Å²) in [6.07, 6.45) is 4.25. The number of hydrogen-bond acceptors (Lipinski definition) is 2. The van der Waals surface area contributed by atoms with E-state index in [9.17, 15) is 4.79 Å². The fourth-order valence-electron chi connectivity index (χ4n) is 2.66. The van der Waals surface area contributed by atoms with Gasteiger partial charge in [-0.15, -0.1) is 0 Å². The molecule has 2 aromatic rings. The second kappa shape index (κ2) is 9.14. The van der Waals surface area contributed by atoms with Gasteiger partial charge in [-0.25, -0.2) is 0 Å². The van der Waals surface area contributed by atoms with Crippen LogP contribution in [0.1, 0.15) is 49.3 Å². The Balaban J connectivity index is 1.84. The minimum atomic E-state index is 0.382. The zero-order chi connectivity index (χ0) is 16.5. The number of carbonyl (C=O) groups is 1. The summed E-state index contributed by atoms with van der Waals surface area (Å²) in [6, 6.07) is 16.4. The van der Waals surface area contributed by atoms with Crippen molar-refractivity contribution < 1.29 is 9.53 Å². The van der Waals surface area contributed by atoms with Crippen molar-refractivity contribution in [2.24, 2.45) is 0 Å². The number of hydrogen-bond donors (Lipinski definition) is 0. The molecule has 23 heavy (non-hydrogen) atoms. The van der Waals surface area contributed by atoms with Crippen LogP contribution in [0, 0.1) is 6.92 Å². The summed E-state index contributed by atoms with van der Waals surface area (Å²) in [7, 11) is 0. The van der Waals surface area contributed by atoms with Crippen molar-refractivity contribution in [3.05, 3.63) is 65.2 Å². The van der Waals surface area contributed by atoms with Crippen LogP contribution < -0.4 is 4.74 Å². The van der Waals surface area contributed by atoms with Crippen molar-refractivity contribution in [3.8, 4) is 5.75 Å². The highest BCUT2D eigenvalue weighted by Crippen LogP contribution is 2.20. The van der Waals surface area contributed by atoms with Gasteiger partial charge in [0.2, 0.25) is 0 Å². The molecule has 0 bridgehead atoms. The molecule has 0 aliphatic rings. The van der Waals surface area contributed by atoms with Gasteiger partial charge in [0, 0.05) is 12.8 Å². The van der Waals surface area contributed by atoms with Crippen LogP contribution in [0.5, 0.6) is 5.75 Å². The Labute approximate surface area is 139 Å². The van der Waals surface area contributed by atoms with Gasteiger partial charge in [0.25, 0.3) is 0 Å². The third-order valence-electron chi connectivity index (χ3n) is 3.99. The molecule has 0 fully saturated rings. The Kier molecular flexibility index (Phi) is 6.86. The number of carbonyl (C=O) groups excluding carboxylic acids is 1. The largest absolute Gasteiger partial charge is 0.489 e. The third-order valence-corrected chi connectivity index (χ3v) is 3.99. The van der Waals surface area contributed by atoms with Crippen molar-refractivity contribution in [1.29, 1.82) is 0 Å². The summed E-state index contributed by atoms with van der Waals surface area (Å²) in [4.78, 5) is 11.6. The van der Waals surface area contributed by atoms with Gasteiger partial charge in [0.1, 0.15) is 18.1 Å². The van der Waals surface area contributed by atoms with Crippen molar-refractivity contribution in [2.45, 2.75) is 52.6 Å². The Hall–Kier alpha value is -2.09. The van der Waals surface area contributed by atoms with Crippen LogP contribution in [0.2, 0.25) is 0 Å². The van der Waals surface area contributed by atoms with E-state index < -0.39 is 0 Å². The number of Topliss-reactive ketones (excluding diaryl/α,β-unsaturated/α-hetero) is 1. The van der Waals surface area contributed by atoms with Crippen molar-refractivity contribution in [1.82, 2.24) is 0 Å². The maximum absolute atomic E-state index is 11.6. The molecule has 122 valence electrons. The van der Waals surface area contributed by atoms with E-state index in [4.69, 9.17) is 4.74 Å². The highest BCUT2D eigenvalue weighted by molar-refractivity contribution is 5.78. The maximum Gasteiger partial charge on any atom is 0.132 e. The first-order chi connectivity index (χ1) is 11.2. The molecule has 0 unspecified atom stereocenters. The molecule has 2 aromatic carbocycles. The normalized spacial score (nSPS) is 10.5. The van der Waals surface area contributed by atoms with Gasteiger partial charge in [-0.3, -0.25) is 4.79 Å². The van der Waals surface area contributed by atoms with Crippen LogP contribution >= 0.6 is 0 Å². The van der Waals surface area contributed by atoms with E-state index >= 15 is 0 Å². The van der Waals surface area contributed by atoms with E-state index in [1.165, 1.54) is 16.7 Å². The summed E-state index contributed by atoms with van der Waals surface area (Å²) in [6.45, 7) is 4.75. The molecular formula is C21H26O2. The van der Waals surface area contributed by atoms with Crippen LogP contribution in [0.3, 0.4) is 0 Å². The van der Waals surface area contributed by atoms with Crippen LogP contribution in [0.25, 0.3) is 0 Å². The van der Waals surface area contributed by atoms with Gasteiger partial charge in [0.05, 0.1) is 0 Å². The summed E-state index contributed by atoms with van der Waals surface area (Å²) < 4.78 is 5.85. The predicted octanol–water partition coefficient (Wildman–Crippen LogP) is 5.27. The zero-order valence-electron chi connectivity index (χ0n) is 14.2. The predicted molar refractivity (Wildman–Crippen MR) is 94.8 cm³/mol. The van der Waals surface area contributed by atoms with Crippen LogP contribution in [0.15, 0.2) is 48.5 Å². The highest BCUT2D eigenvalue weighted by Gasteiger charge is 2.04. The van der Waals surface area contributed by atoms with E-state index in [1.54, 1.807) is 0 Å². The molecule has 0 spiro atoms. The van der Waals surface area contributed by atoms with Crippen LogP contribution in [-0.2, 0) is 17.8 Å². The fraction of sp³-hybridized carbons (Fsp3) is 0.381. The average molecular weight is 310 g/mol. The molecule has 0 saturated heterocycles. The van der Waals surface area contributed by atoms with Crippen molar-refractivity contribution in [3.63, 3.8) is 0 Å². The quantitative estimate of drug-likeness (QED) is 0.631. The molecule has 0 aliphatic heterocycles. The summed E-state index contributed by atoms with van der Waals surface area (Å²) in [5, 5.41) is 0. The second-order valence-corrected chi connectivity index (χ2v) is 6.00. The summed E-state index contributed by atoms with van der Waals surface area (Å²) >= 11 is 0. The minimum absolute atomic E-state index is 0.382. The number of aryl methyl sites for hydroxylation is 2. The van der Waals surface area contributed by atoms with E-state index in [-0.39, 0.29) is 0 Å². The Bertz CT molecular complexity index is 617. The number of benzene rings is 2. The van der Waals surface area contributed by atoms with E-state index in [2.05, 4.69) is 38.1 Å². The lowest BCUT2D eigenvalue weighted by molar-refractivity contribution is -0.119. The highest BCUT2D eigenvalue weighted by atomic mass is 16.5. The van der Waals surface area contributed by atoms with Crippen LogP contribution in [0.4, 0.5) is 0 Å². The molecule has 0 amide bonds. The standard InChI is InChI=1S/C21H26O2/c1-3-8-20(22)12-7-11-19-13-14-21(15-17(19)2)23-16-18-9-5-4-6-10-18/h4-6,9-10,13-15H,3,7-8,11-12,16H2,1-2H3. The van der Waals surface area contributed by atoms with Gasteiger partial charge >= 0.3 is 0 Å². The molecule has 0 heterocycles. The first-order valence-electron chi connectivity index (χ1n) is 8.47. The molecule has 0 saturated carbocycles. The molecule has 2 heteroatoms. The van der Waals surface area contributed by atoms with Gasteiger partial charge in [-0.2, -0.15) is 0 Å². The number of ketones is 1. The Morgan fingerprint density at radius 1 is 1.04 bits per heavy atom. The molecular weight excluding hydrogens is 284 g/mol. The second-order valence-electron chi connectivity index (χ2n) is 6.00. The van der Waals surface area contributed by atoms with Crippen LogP contribution in [-0.4, -0.2) is 5.78 Å². The molecule has 0 atom stereocenters. The Morgan fingerprint density at radius 3 is 2.52 bits per heavy atom. The minimum Gasteiger partial charge on any atom is -0.489 e. The fourth-order valence-corrected chi connectivity index (χ4v) is 2.66. The molecule has 0 N–H and O–H groups in total. The van der Waals surface area contributed by atoms with Crippen molar-refractivity contribution >= 4 is 5.78 Å². The average Bonchev–Trinajstić information content (AvgIpc) is 2.56. The SMILES string of the molecule is CCCC(=O)CCCc1ccc(OCc2ccccc2)cc1C. The van der Waals surface area contributed by atoms with E-state index in [0.717, 1.165) is 25.0 Å². The lowest BCUT2D eigenvalue weighted by Crippen LogP contribution is -1.99. The van der Waals surface area contributed by atoms with E-state index in [0.29, 0.717) is 25.2 Å². The number of ether oxygens (including phenoxy) is 1. The first kappa shape index (κ1) is 17.3. The zero-order valence-corrected chi connectivity index (χ0v) is 14.2. The number of rotatable bonds is 9. The monoisotopic (exact) mass is 310 g/mol. The topological polar surface area (TPSA) is 26.3 Å². The Morgan fingerprint density at radius 2 is 1.83 bits per heavy atom. The first-order valence-corrected chi connectivity index (χ1v) is 8.47.